The van der Waals surface area contributed by atoms with E-state index in [0.717, 1.165) is 16.7 Å². The van der Waals surface area contributed by atoms with E-state index in [1.54, 1.807) is 4.90 Å². The summed E-state index contributed by atoms with van der Waals surface area (Å²) in [6.45, 7) is 0.429. The lowest BCUT2D eigenvalue weighted by Gasteiger charge is -2.43. The van der Waals surface area contributed by atoms with Gasteiger partial charge in [0.2, 0.25) is 0 Å². The fourth-order valence-corrected chi connectivity index (χ4v) is 3.23. The van der Waals surface area contributed by atoms with Gasteiger partial charge >= 0.3 is 0 Å². The van der Waals surface area contributed by atoms with Crippen molar-refractivity contribution < 1.29 is 20.4 Å². The average molecular weight is 329 g/mol. The van der Waals surface area contributed by atoms with E-state index >= 15 is 0 Å². The van der Waals surface area contributed by atoms with Gasteiger partial charge in [-0.25, -0.2) is 0 Å². The average Bonchev–Trinajstić information content (AvgIpc) is 2.61. The van der Waals surface area contributed by atoms with Crippen LogP contribution in [0, 0.1) is 0 Å². The van der Waals surface area contributed by atoms with E-state index in [1.807, 2.05) is 42.5 Å². The van der Waals surface area contributed by atoms with E-state index in [-0.39, 0.29) is 13.2 Å². The molecule has 128 valence electrons. The van der Waals surface area contributed by atoms with Gasteiger partial charge in [0.1, 0.15) is 12.2 Å². The summed E-state index contributed by atoms with van der Waals surface area (Å²) in [5.74, 6) is 0. The summed E-state index contributed by atoms with van der Waals surface area (Å²) in [6.07, 6.45) is -3.41. The molecule has 1 heterocycles. The normalized spacial score (nSPS) is 28.0. The maximum Gasteiger partial charge on any atom is 0.109 e. The Morgan fingerprint density at radius 2 is 1.46 bits per heavy atom. The number of likely N-dealkylation sites (tertiary alicyclic amines) is 1. The van der Waals surface area contributed by atoms with Crippen molar-refractivity contribution in [1.82, 2.24) is 4.90 Å². The quantitative estimate of drug-likeness (QED) is 0.661. The molecule has 5 nitrogen and oxygen atoms in total. The molecule has 0 bridgehead atoms. The number of aliphatic hydroxyl groups excluding tert-OH is 4. The van der Waals surface area contributed by atoms with Crippen LogP contribution in [0.5, 0.6) is 0 Å². The molecule has 1 saturated heterocycles. The topological polar surface area (TPSA) is 84.2 Å². The summed E-state index contributed by atoms with van der Waals surface area (Å²) in [4.78, 5) is 1.81. The third-order valence-corrected chi connectivity index (χ3v) is 4.66. The lowest BCUT2D eigenvalue weighted by molar-refractivity contribution is -0.147. The second-order valence-corrected chi connectivity index (χ2v) is 6.29. The maximum atomic E-state index is 10.0. The van der Waals surface area contributed by atoms with Crippen molar-refractivity contribution in [1.29, 1.82) is 0 Å². The zero-order valence-electron chi connectivity index (χ0n) is 13.4. The summed E-state index contributed by atoms with van der Waals surface area (Å²) >= 11 is 0. The molecule has 0 radical (unpaired) electrons. The van der Waals surface area contributed by atoms with Crippen LogP contribution in [0.3, 0.4) is 0 Å². The fraction of sp³-hybridized carbons (Fsp3) is 0.368. The van der Waals surface area contributed by atoms with Crippen LogP contribution >= 0.6 is 0 Å². The molecule has 0 unspecified atom stereocenters. The number of aliphatic hydroxyl groups is 4. The van der Waals surface area contributed by atoms with Crippen molar-refractivity contribution in [3.63, 3.8) is 0 Å². The van der Waals surface area contributed by atoms with Gasteiger partial charge in [0, 0.05) is 13.1 Å². The molecule has 2 aromatic rings. The second kappa shape index (κ2) is 7.42. The minimum absolute atomic E-state index is 0.212. The van der Waals surface area contributed by atoms with Gasteiger partial charge in [-0.05, 0) is 16.7 Å². The molecule has 0 saturated carbocycles. The van der Waals surface area contributed by atoms with E-state index in [9.17, 15) is 20.4 Å². The number of hydrogen-bond donors (Lipinski definition) is 4. The van der Waals surface area contributed by atoms with Crippen LogP contribution < -0.4 is 0 Å². The Morgan fingerprint density at radius 3 is 2.08 bits per heavy atom. The number of benzene rings is 2. The predicted octanol–water partition coefficient (Wildman–Crippen LogP) is 0.613. The highest BCUT2D eigenvalue weighted by Crippen LogP contribution is 2.23. The lowest BCUT2D eigenvalue weighted by Crippen LogP contribution is -2.62. The summed E-state index contributed by atoms with van der Waals surface area (Å²) in [5.41, 5.74) is 3.28. The number of piperidine rings is 1. The second-order valence-electron chi connectivity index (χ2n) is 6.29. The fourth-order valence-electron chi connectivity index (χ4n) is 3.23. The van der Waals surface area contributed by atoms with Crippen molar-refractivity contribution in [2.75, 3.05) is 13.2 Å². The molecule has 4 N–H and O–H groups in total. The molecular weight excluding hydrogens is 306 g/mol. The molecule has 1 aliphatic rings. The van der Waals surface area contributed by atoms with Crippen molar-refractivity contribution in [2.24, 2.45) is 0 Å². The van der Waals surface area contributed by atoms with E-state index < -0.39 is 24.4 Å². The summed E-state index contributed by atoms with van der Waals surface area (Å²) in [7, 11) is 0. The molecular formula is C19H23NO4. The molecule has 2 aromatic carbocycles. The van der Waals surface area contributed by atoms with Crippen LogP contribution in [0.2, 0.25) is 0 Å². The van der Waals surface area contributed by atoms with Crippen LogP contribution in [0.1, 0.15) is 5.56 Å². The van der Waals surface area contributed by atoms with Crippen molar-refractivity contribution in [2.45, 2.75) is 30.9 Å². The Kier molecular flexibility index (Phi) is 5.28. The van der Waals surface area contributed by atoms with Gasteiger partial charge in [0.25, 0.3) is 0 Å². The smallest absolute Gasteiger partial charge is 0.109 e. The first-order valence-electron chi connectivity index (χ1n) is 8.13. The van der Waals surface area contributed by atoms with E-state index in [1.165, 1.54) is 0 Å². The van der Waals surface area contributed by atoms with Gasteiger partial charge < -0.3 is 20.4 Å². The first kappa shape index (κ1) is 17.1. The number of β-amino-alcohol motifs (C(OH)–C–C–N with tert-alkyl or cyclic N) is 1. The Balaban J connectivity index is 1.73. The summed E-state index contributed by atoms with van der Waals surface area (Å²) in [6, 6.07) is 17.6. The number of rotatable bonds is 4. The van der Waals surface area contributed by atoms with Crippen LogP contribution in [0.25, 0.3) is 11.1 Å². The molecule has 0 amide bonds. The molecule has 0 aromatic heterocycles. The minimum Gasteiger partial charge on any atom is -0.395 e. The van der Waals surface area contributed by atoms with Crippen molar-refractivity contribution >= 4 is 0 Å². The predicted molar refractivity (Wildman–Crippen MR) is 91.2 cm³/mol. The molecule has 24 heavy (non-hydrogen) atoms. The van der Waals surface area contributed by atoms with E-state index in [0.29, 0.717) is 6.54 Å². The Hall–Kier alpha value is -1.76. The van der Waals surface area contributed by atoms with Gasteiger partial charge in [-0.15, -0.1) is 0 Å². The lowest BCUT2D eigenvalue weighted by atomic mass is 9.93. The first-order chi connectivity index (χ1) is 11.6. The van der Waals surface area contributed by atoms with Gasteiger partial charge in [0.15, 0.2) is 0 Å². The summed E-state index contributed by atoms with van der Waals surface area (Å²) in [5, 5.41) is 39.2. The highest BCUT2D eigenvalue weighted by molar-refractivity contribution is 5.63. The van der Waals surface area contributed by atoms with Crippen LogP contribution in [0.15, 0.2) is 54.6 Å². The molecule has 1 aliphatic heterocycles. The van der Waals surface area contributed by atoms with Crippen LogP contribution in [-0.2, 0) is 6.54 Å². The standard InChI is InChI=1S/C19H23NO4/c21-12-16-18(23)19(24)17(22)11-20(16)10-13-6-8-15(9-7-13)14-4-2-1-3-5-14/h1-9,16-19,21-24H,10-12H2/t16-,17+,18+,19-/m1/s1. The number of nitrogens with zero attached hydrogens (tertiary/aromatic N) is 1. The third-order valence-electron chi connectivity index (χ3n) is 4.66. The first-order valence-corrected chi connectivity index (χ1v) is 8.13. The molecule has 1 fully saturated rings. The molecule has 0 spiro atoms. The largest absolute Gasteiger partial charge is 0.395 e. The third kappa shape index (κ3) is 3.50. The van der Waals surface area contributed by atoms with Crippen LogP contribution in [0.4, 0.5) is 0 Å². The van der Waals surface area contributed by atoms with Gasteiger partial charge in [0.05, 0.1) is 18.8 Å². The molecule has 3 rings (SSSR count). The van der Waals surface area contributed by atoms with Crippen molar-refractivity contribution in [3.05, 3.63) is 60.2 Å². The zero-order valence-corrected chi connectivity index (χ0v) is 13.4. The Labute approximate surface area is 141 Å². The van der Waals surface area contributed by atoms with Crippen LogP contribution in [-0.4, -0.2) is 62.8 Å². The maximum absolute atomic E-state index is 10.0. The minimum atomic E-state index is -1.22. The molecule has 4 atom stereocenters. The number of hydrogen-bond acceptors (Lipinski definition) is 5. The van der Waals surface area contributed by atoms with Gasteiger partial charge in [-0.1, -0.05) is 54.6 Å². The van der Waals surface area contributed by atoms with E-state index in [4.69, 9.17) is 0 Å². The van der Waals surface area contributed by atoms with E-state index in [2.05, 4.69) is 12.1 Å². The monoisotopic (exact) mass is 329 g/mol. The zero-order chi connectivity index (χ0) is 17.1. The van der Waals surface area contributed by atoms with Gasteiger partial charge in [-0.2, -0.15) is 0 Å². The molecule has 0 aliphatic carbocycles. The SMILES string of the molecule is OC[C@@H]1[C@H](O)[C@H](O)[C@@H](O)CN1Cc1ccc(-c2ccccc2)cc1. The highest BCUT2D eigenvalue weighted by atomic mass is 16.4. The Morgan fingerprint density at radius 1 is 0.833 bits per heavy atom. The highest BCUT2D eigenvalue weighted by Gasteiger charge is 2.40. The molecule has 5 heteroatoms. The van der Waals surface area contributed by atoms with Crippen molar-refractivity contribution in [3.8, 4) is 11.1 Å². The van der Waals surface area contributed by atoms with Gasteiger partial charge in [-0.3, -0.25) is 4.90 Å². The Bertz CT molecular complexity index is 646. The summed E-state index contributed by atoms with van der Waals surface area (Å²) < 4.78 is 0.